The van der Waals surface area contributed by atoms with Crippen LogP contribution >= 0.6 is 0 Å². The van der Waals surface area contributed by atoms with Gasteiger partial charge in [-0.3, -0.25) is 9.59 Å². The molecule has 0 aromatic rings. The normalized spacial score (nSPS) is 13.8. The fourth-order valence-electron chi connectivity index (χ4n) is 7.03. The van der Waals surface area contributed by atoms with E-state index in [4.69, 9.17) is 4.74 Å². The van der Waals surface area contributed by atoms with Gasteiger partial charge >= 0.3 is 5.97 Å². The minimum atomic E-state index is -0.804. The van der Waals surface area contributed by atoms with Crippen molar-refractivity contribution in [2.45, 2.75) is 244 Å². The molecule has 0 rings (SSSR count). The van der Waals surface area contributed by atoms with E-state index in [1.54, 1.807) is 0 Å². The zero-order valence-corrected chi connectivity index (χ0v) is 37.5. The lowest BCUT2D eigenvalue weighted by Crippen LogP contribution is -2.46. The minimum Gasteiger partial charge on any atom is -0.462 e. The summed E-state index contributed by atoms with van der Waals surface area (Å²) in [5, 5.41) is 23.6. The number of esters is 1. The van der Waals surface area contributed by atoms with Crippen molar-refractivity contribution in [3.05, 3.63) is 60.8 Å². The Bertz CT molecular complexity index is 1030. The molecule has 3 unspecified atom stereocenters. The Balaban J connectivity index is 4.61. The Labute approximate surface area is 352 Å². The van der Waals surface area contributed by atoms with Crippen molar-refractivity contribution < 1.29 is 24.5 Å². The Morgan fingerprint density at radius 3 is 1.51 bits per heavy atom. The number of aliphatic hydroxyl groups is 2. The molecule has 0 radical (unpaired) electrons. The summed E-state index contributed by atoms with van der Waals surface area (Å²) >= 11 is 0. The smallest absolute Gasteiger partial charge is 0.306 e. The highest BCUT2D eigenvalue weighted by molar-refractivity contribution is 5.77. The van der Waals surface area contributed by atoms with Crippen molar-refractivity contribution in [1.82, 2.24) is 5.32 Å². The molecule has 0 fully saturated rings. The molecule has 6 nitrogen and oxygen atoms in total. The van der Waals surface area contributed by atoms with Crippen LogP contribution in [-0.2, 0) is 14.3 Å². The molecule has 57 heavy (non-hydrogen) atoms. The maximum atomic E-state index is 13.1. The van der Waals surface area contributed by atoms with E-state index >= 15 is 0 Å². The van der Waals surface area contributed by atoms with E-state index < -0.39 is 18.2 Å². The zero-order valence-electron chi connectivity index (χ0n) is 37.5. The van der Waals surface area contributed by atoms with Crippen LogP contribution in [0.2, 0.25) is 0 Å². The number of hydrogen-bond donors (Lipinski definition) is 3. The second kappa shape index (κ2) is 44.7. The highest BCUT2D eigenvalue weighted by Crippen LogP contribution is 2.16. The highest BCUT2D eigenvalue weighted by Gasteiger charge is 2.24. The molecule has 0 aromatic carbocycles. The number of unbranched alkanes of at least 4 members (excludes halogenated alkanes) is 23. The lowest BCUT2D eigenvalue weighted by atomic mass is 10.0. The molecular formula is C51H91NO5. The molecular weight excluding hydrogens is 707 g/mol. The molecule has 0 aliphatic heterocycles. The molecule has 1 amide bonds. The summed E-state index contributed by atoms with van der Waals surface area (Å²) in [6.07, 6.45) is 54.3. The van der Waals surface area contributed by atoms with Gasteiger partial charge in [-0.05, 0) is 64.2 Å². The third kappa shape index (κ3) is 40.1. The Kier molecular flexibility index (Phi) is 42.7. The third-order valence-electron chi connectivity index (χ3n) is 10.7. The van der Waals surface area contributed by atoms with Crippen molar-refractivity contribution >= 4 is 11.9 Å². The predicted molar refractivity (Wildman–Crippen MR) is 245 cm³/mol. The van der Waals surface area contributed by atoms with Crippen LogP contribution in [0.1, 0.15) is 226 Å². The molecule has 0 aromatic heterocycles. The first-order chi connectivity index (χ1) is 28.0. The number of amides is 1. The van der Waals surface area contributed by atoms with Crippen LogP contribution in [0, 0.1) is 0 Å². The first kappa shape index (κ1) is 54.6. The zero-order chi connectivity index (χ0) is 41.7. The monoisotopic (exact) mass is 798 g/mol. The standard InChI is InChI=1S/C51H91NO5/c1-4-7-10-13-16-19-22-23-24-25-26-27-29-32-35-38-41-44-51(56)57-47(42-39-36-33-30-28-20-17-14-11-8-5-2)45-50(55)52-48(46-53)49(54)43-40-37-34-31-21-18-15-12-9-6-3/h8,11,14,17,20,23-24,28,30,33,47-49,53-54H,4-7,9-10,12-13,15-16,18-19,21-22,25-27,29,31-32,34-46H2,1-3H3,(H,52,55)/b11-8+,17-14+,24-23+,28-20-,33-30-. The van der Waals surface area contributed by atoms with E-state index in [0.717, 1.165) is 57.8 Å². The van der Waals surface area contributed by atoms with E-state index in [0.29, 0.717) is 19.3 Å². The summed E-state index contributed by atoms with van der Waals surface area (Å²) in [5.41, 5.74) is 0. The number of nitrogens with one attached hydrogen (secondary N) is 1. The van der Waals surface area contributed by atoms with Gasteiger partial charge < -0.3 is 20.3 Å². The fourth-order valence-corrected chi connectivity index (χ4v) is 7.03. The van der Waals surface area contributed by atoms with E-state index in [1.165, 1.54) is 122 Å². The Morgan fingerprint density at radius 2 is 0.982 bits per heavy atom. The molecule has 3 N–H and O–H groups in total. The number of hydrogen-bond acceptors (Lipinski definition) is 5. The van der Waals surface area contributed by atoms with Gasteiger partial charge in [-0.15, -0.1) is 0 Å². The number of aliphatic hydroxyl groups excluding tert-OH is 2. The van der Waals surface area contributed by atoms with Crippen molar-refractivity contribution in [1.29, 1.82) is 0 Å². The topological polar surface area (TPSA) is 95.9 Å². The summed E-state index contributed by atoms with van der Waals surface area (Å²) in [6, 6.07) is -0.722. The fraction of sp³-hybridized carbons (Fsp3) is 0.765. The molecule has 0 saturated heterocycles. The first-order valence-corrected chi connectivity index (χ1v) is 24.1. The van der Waals surface area contributed by atoms with E-state index in [1.807, 2.05) is 36.5 Å². The number of rotatable bonds is 42. The van der Waals surface area contributed by atoms with Gasteiger partial charge in [-0.1, -0.05) is 210 Å². The third-order valence-corrected chi connectivity index (χ3v) is 10.7. The average molecular weight is 798 g/mol. The summed E-state index contributed by atoms with van der Waals surface area (Å²) < 4.78 is 5.87. The Morgan fingerprint density at radius 1 is 0.526 bits per heavy atom. The van der Waals surface area contributed by atoms with Crippen LogP contribution in [0.5, 0.6) is 0 Å². The summed E-state index contributed by atoms with van der Waals surface area (Å²) in [4.78, 5) is 26.0. The van der Waals surface area contributed by atoms with Gasteiger partial charge in [0.05, 0.1) is 25.2 Å². The second-order valence-corrected chi connectivity index (χ2v) is 16.2. The molecule has 6 heteroatoms. The van der Waals surface area contributed by atoms with Crippen molar-refractivity contribution in [3.8, 4) is 0 Å². The quantitative estimate of drug-likeness (QED) is 0.0247. The summed E-state index contributed by atoms with van der Waals surface area (Å²) in [7, 11) is 0. The van der Waals surface area contributed by atoms with Crippen molar-refractivity contribution in [2.75, 3.05) is 6.61 Å². The number of allylic oxidation sites excluding steroid dienone is 10. The van der Waals surface area contributed by atoms with Crippen LogP contribution < -0.4 is 5.32 Å². The minimum absolute atomic E-state index is 0.0289. The molecule has 330 valence electrons. The maximum absolute atomic E-state index is 13.1. The molecule has 0 bridgehead atoms. The largest absolute Gasteiger partial charge is 0.462 e. The number of carbonyl (C=O) groups is 2. The SMILES string of the molecule is CC/C=C/C=C/C=C\C=C/CCCC(CC(=O)NC(CO)C(O)CCCCCCCCCCCC)OC(=O)CCCCCCCCC/C=C/CCCCCCCC. The molecule has 0 saturated carbocycles. The van der Waals surface area contributed by atoms with Crippen molar-refractivity contribution in [3.63, 3.8) is 0 Å². The van der Waals surface area contributed by atoms with Gasteiger partial charge in [0.15, 0.2) is 0 Å². The van der Waals surface area contributed by atoms with Crippen LogP contribution in [0.15, 0.2) is 60.8 Å². The van der Waals surface area contributed by atoms with E-state index in [2.05, 4.69) is 50.4 Å². The molecule has 0 aliphatic rings. The van der Waals surface area contributed by atoms with Crippen LogP contribution in [-0.4, -0.2) is 46.9 Å². The van der Waals surface area contributed by atoms with Gasteiger partial charge in [0, 0.05) is 6.42 Å². The van der Waals surface area contributed by atoms with Gasteiger partial charge in [0.25, 0.3) is 0 Å². The lowest BCUT2D eigenvalue weighted by molar-refractivity contribution is -0.151. The highest BCUT2D eigenvalue weighted by atomic mass is 16.5. The Hall–Kier alpha value is -2.44. The lowest BCUT2D eigenvalue weighted by Gasteiger charge is -2.24. The molecule has 0 aliphatic carbocycles. The van der Waals surface area contributed by atoms with Crippen molar-refractivity contribution in [2.24, 2.45) is 0 Å². The summed E-state index contributed by atoms with van der Waals surface area (Å²) in [5.74, 6) is -0.549. The van der Waals surface area contributed by atoms with Crippen LogP contribution in [0.3, 0.4) is 0 Å². The van der Waals surface area contributed by atoms with E-state index in [9.17, 15) is 19.8 Å². The second-order valence-electron chi connectivity index (χ2n) is 16.2. The molecule has 0 heterocycles. The van der Waals surface area contributed by atoms with Gasteiger partial charge in [0.1, 0.15) is 6.10 Å². The van der Waals surface area contributed by atoms with E-state index in [-0.39, 0.29) is 24.9 Å². The first-order valence-electron chi connectivity index (χ1n) is 24.1. The molecule has 0 spiro atoms. The van der Waals surface area contributed by atoms with Gasteiger partial charge in [-0.25, -0.2) is 0 Å². The average Bonchev–Trinajstić information content (AvgIpc) is 3.20. The number of carbonyl (C=O) groups excluding carboxylic acids is 2. The predicted octanol–water partition coefficient (Wildman–Crippen LogP) is 14.1. The van der Waals surface area contributed by atoms with Crippen LogP contribution in [0.4, 0.5) is 0 Å². The van der Waals surface area contributed by atoms with Crippen LogP contribution in [0.25, 0.3) is 0 Å². The maximum Gasteiger partial charge on any atom is 0.306 e. The number of ether oxygens (including phenoxy) is 1. The van der Waals surface area contributed by atoms with Gasteiger partial charge in [0.2, 0.25) is 5.91 Å². The molecule has 3 atom stereocenters. The van der Waals surface area contributed by atoms with Gasteiger partial charge in [-0.2, -0.15) is 0 Å². The summed E-state index contributed by atoms with van der Waals surface area (Å²) in [6.45, 7) is 6.29.